The number of amides is 1. The third-order valence-corrected chi connectivity index (χ3v) is 4.59. The molecule has 138 valence electrons. The molecule has 1 aliphatic heterocycles. The molecule has 26 heavy (non-hydrogen) atoms. The maximum absolute atomic E-state index is 12.5. The zero-order valence-electron chi connectivity index (χ0n) is 14.5. The molecule has 1 aliphatic rings. The molecule has 0 bridgehead atoms. The molecule has 2 heterocycles. The van der Waals surface area contributed by atoms with E-state index in [2.05, 4.69) is 10.4 Å². The lowest BCUT2D eigenvalue weighted by Gasteiger charge is -2.29. The molecule has 1 N–H and O–H groups in total. The van der Waals surface area contributed by atoms with Gasteiger partial charge in [-0.3, -0.25) is 9.59 Å². The fraction of sp³-hybridized carbons (Fsp3) is 0.389. The van der Waals surface area contributed by atoms with Crippen LogP contribution in [-0.4, -0.2) is 52.9 Å². The first kappa shape index (κ1) is 18.4. The highest BCUT2D eigenvalue weighted by molar-refractivity contribution is 6.33. The first-order valence-corrected chi connectivity index (χ1v) is 8.86. The molecule has 1 amide bonds. The summed E-state index contributed by atoms with van der Waals surface area (Å²) in [6.07, 6.45) is 1.48. The van der Waals surface area contributed by atoms with E-state index in [0.29, 0.717) is 38.5 Å². The van der Waals surface area contributed by atoms with Gasteiger partial charge in [0.1, 0.15) is 11.1 Å². The summed E-state index contributed by atoms with van der Waals surface area (Å²) in [6, 6.07) is 9.02. The highest BCUT2D eigenvalue weighted by Crippen LogP contribution is 2.17. The van der Waals surface area contributed by atoms with Crippen molar-refractivity contribution in [3.05, 3.63) is 57.5 Å². The van der Waals surface area contributed by atoms with Crippen molar-refractivity contribution in [1.29, 1.82) is 0 Å². The minimum absolute atomic E-state index is 0.0255. The van der Waals surface area contributed by atoms with Gasteiger partial charge >= 0.3 is 0 Å². The van der Waals surface area contributed by atoms with E-state index in [-0.39, 0.29) is 10.9 Å². The molecule has 0 radical (unpaired) electrons. The van der Waals surface area contributed by atoms with Gasteiger partial charge in [-0.2, -0.15) is 5.10 Å². The zero-order valence-corrected chi connectivity index (χ0v) is 15.3. The fourth-order valence-electron chi connectivity index (χ4n) is 2.79. The Kier molecular flexibility index (Phi) is 5.90. The molecule has 7 nitrogen and oxygen atoms in total. The monoisotopic (exact) mass is 376 g/mol. The van der Waals surface area contributed by atoms with Crippen LogP contribution in [0.5, 0.6) is 0 Å². The van der Waals surface area contributed by atoms with E-state index in [0.717, 1.165) is 5.56 Å². The normalized spacial score (nSPS) is 15.5. The predicted molar refractivity (Wildman–Crippen MR) is 99.5 cm³/mol. The second kappa shape index (κ2) is 8.33. The highest BCUT2D eigenvalue weighted by atomic mass is 35.5. The third kappa shape index (κ3) is 4.23. The number of aromatic nitrogens is 2. The molecule has 1 fully saturated rings. The number of nitrogens with zero attached hydrogens (tertiary/aromatic N) is 3. The number of carbonyl (C=O) groups is 1. The van der Waals surface area contributed by atoms with Crippen molar-refractivity contribution in [1.82, 2.24) is 14.7 Å². The van der Waals surface area contributed by atoms with Crippen LogP contribution in [0.4, 0.5) is 5.69 Å². The lowest BCUT2D eigenvalue weighted by molar-refractivity contribution is -0.135. The largest absolute Gasteiger partial charge is 0.378 e. The Morgan fingerprint density at radius 3 is 2.69 bits per heavy atom. The average Bonchev–Trinajstić information content (AvgIpc) is 2.68. The van der Waals surface area contributed by atoms with Gasteiger partial charge in [-0.1, -0.05) is 41.9 Å². The number of anilines is 1. The number of carbonyl (C=O) groups excluding carboxylic acids is 1. The highest BCUT2D eigenvalue weighted by Gasteiger charge is 2.23. The Balaban J connectivity index is 1.71. The number of halogens is 1. The fourth-order valence-corrected chi connectivity index (χ4v) is 2.99. The van der Waals surface area contributed by atoms with Crippen LogP contribution in [0.15, 0.2) is 41.3 Å². The summed E-state index contributed by atoms with van der Waals surface area (Å²) < 4.78 is 6.56. The first-order chi connectivity index (χ1) is 12.6. The quantitative estimate of drug-likeness (QED) is 0.857. The number of rotatable bonds is 5. The van der Waals surface area contributed by atoms with Crippen molar-refractivity contribution in [2.24, 2.45) is 0 Å². The smallest absolute Gasteiger partial charge is 0.287 e. The summed E-state index contributed by atoms with van der Waals surface area (Å²) in [4.78, 5) is 26.7. The van der Waals surface area contributed by atoms with Gasteiger partial charge < -0.3 is 15.0 Å². The summed E-state index contributed by atoms with van der Waals surface area (Å²) in [5.41, 5.74) is 0.913. The summed E-state index contributed by atoms with van der Waals surface area (Å²) in [7, 11) is 0. The van der Waals surface area contributed by atoms with Crippen molar-refractivity contribution >= 4 is 23.2 Å². The Labute approximate surface area is 156 Å². The van der Waals surface area contributed by atoms with E-state index >= 15 is 0 Å². The minimum atomic E-state index is -0.517. The first-order valence-electron chi connectivity index (χ1n) is 8.49. The van der Waals surface area contributed by atoms with Crippen LogP contribution >= 0.6 is 11.6 Å². The molecule has 0 saturated carbocycles. The Hall–Kier alpha value is -2.38. The Morgan fingerprint density at radius 2 is 2.00 bits per heavy atom. The summed E-state index contributed by atoms with van der Waals surface area (Å²) in [5, 5.41) is 7.20. The lowest BCUT2D eigenvalue weighted by atomic mass is 10.2. The molecule has 0 spiro atoms. The molecule has 2 aromatic rings. The maximum Gasteiger partial charge on any atom is 0.287 e. The second-order valence-corrected chi connectivity index (χ2v) is 6.50. The van der Waals surface area contributed by atoms with E-state index in [1.165, 1.54) is 10.9 Å². The molecule has 1 saturated heterocycles. The van der Waals surface area contributed by atoms with Gasteiger partial charge in [0.2, 0.25) is 5.91 Å². The molecule has 0 aliphatic carbocycles. The summed E-state index contributed by atoms with van der Waals surface area (Å²) in [5.74, 6) is -0.0576. The Morgan fingerprint density at radius 1 is 1.31 bits per heavy atom. The molecule has 1 atom stereocenters. The predicted octanol–water partition coefficient (Wildman–Crippen LogP) is 1.60. The van der Waals surface area contributed by atoms with Crippen molar-refractivity contribution in [3.8, 4) is 0 Å². The van der Waals surface area contributed by atoms with Gasteiger partial charge in [0, 0.05) is 13.1 Å². The van der Waals surface area contributed by atoms with Crippen LogP contribution in [-0.2, 0) is 16.1 Å². The standard InChI is InChI=1S/C18H21ClN4O3/c1-13(17(24)22-7-9-26-10-8-22)21-15-11-20-23(18(25)16(15)19)12-14-5-3-2-4-6-14/h2-6,11,13,21H,7-10,12H2,1H3. The topological polar surface area (TPSA) is 76.5 Å². The average molecular weight is 377 g/mol. The van der Waals surface area contributed by atoms with Gasteiger partial charge in [-0.15, -0.1) is 0 Å². The third-order valence-electron chi connectivity index (χ3n) is 4.23. The van der Waals surface area contributed by atoms with Crippen molar-refractivity contribution in [2.45, 2.75) is 19.5 Å². The van der Waals surface area contributed by atoms with Gasteiger partial charge in [0.25, 0.3) is 5.56 Å². The molecular weight excluding hydrogens is 356 g/mol. The van der Waals surface area contributed by atoms with Crippen LogP contribution in [0.3, 0.4) is 0 Å². The van der Waals surface area contributed by atoms with Crippen molar-refractivity contribution in [3.63, 3.8) is 0 Å². The maximum atomic E-state index is 12.5. The number of hydrogen-bond donors (Lipinski definition) is 1. The molecule has 8 heteroatoms. The molecule has 1 aromatic heterocycles. The molecular formula is C18H21ClN4O3. The minimum Gasteiger partial charge on any atom is -0.378 e. The summed E-state index contributed by atoms with van der Waals surface area (Å²) in [6.45, 7) is 4.28. The summed E-state index contributed by atoms with van der Waals surface area (Å²) >= 11 is 6.22. The number of benzene rings is 1. The van der Waals surface area contributed by atoms with E-state index < -0.39 is 11.6 Å². The van der Waals surface area contributed by atoms with Crippen molar-refractivity contribution < 1.29 is 9.53 Å². The number of nitrogens with one attached hydrogen (secondary N) is 1. The van der Waals surface area contributed by atoms with E-state index in [4.69, 9.17) is 16.3 Å². The van der Waals surface area contributed by atoms with Crippen LogP contribution < -0.4 is 10.9 Å². The van der Waals surface area contributed by atoms with Gasteiger partial charge in [0.15, 0.2) is 0 Å². The SMILES string of the molecule is CC(Nc1cnn(Cc2ccccc2)c(=O)c1Cl)C(=O)N1CCOCC1. The van der Waals surface area contributed by atoms with Crippen LogP contribution in [0, 0.1) is 0 Å². The van der Waals surface area contributed by atoms with E-state index in [9.17, 15) is 9.59 Å². The van der Waals surface area contributed by atoms with Crippen molar-refractivity contribution in [2.75, 3.05) is 31.6 Å². The van der Waals surface area contributed by atoms with Gasteiger partial charge in [0.05, 0.1) is 31.6 Å². The molecule has 1 aromatic carbocycles. The van der Waals surface area contributed by atoms with Gasteiger partial charge in [-0.25, -0.2) is 4.68 Å². The van der Waals surface area contributed by atoms with Crippen LogP contribution in [0.1, 0.15) is 12.5 Å². The van der Waals surface area contributed by atoms with E-state index in [1.54, 1.807) is 11.8 Å². The van der Waals surface area contributed by atoms with Crippen LogP contribution in [0.25, 0.3) is 0 Å². The Bertz CT molecular complexity index is 819. The number of ether oxygens (including phenoxy) is 1. The number of hydrogen-bond acceptors (Lipinski definition) is 5. The molecule has 3 rings (SSSR count). The van der Waals surface area contributed by atoms with Gasteiger partial charge in [-0.05, 0) is 12.5 Å². The van der Waals surface area contributed by atoms with Crippen LogP contribution in [0.2, 0.25) is 5.02 Å². The number of morpholine rings is 1. The lowest BCUT2D eigenvalue weighted by Crippen LogP contribution is -2.47. The molecule has 1 unspecified atom stereocenters. The zero-order chi connectivity index (χ0) is 18.5. The van der Waals surface area contributed by atoms with E-state index in [1.807, 2.05) is 30.3 Å². The second-order valence-electron chi connectivity index (χ2n) is 6.12.